The van der Waals surface area contributed by atoms with E-state index in [-0.39, 0.29) is 16.8 Å². The molecule has 17 heavy (non-hydrogen) atoms. The molecule has 6 heteroatoms. The van der Waals surface area contributed by atoms with E-state index in [2.05, 4.69) is 0 Å². The van der Waals surface area contributed by atoms with Crippen LogP contribution < -0.4 is 10.0 Å². The Hall–Kier alpha value is -1.40. The van der Waals surface area contributed by atoms with Gasteiger partial charge in [0.1, 0.15) is 0 Å². The predicted molar refractivity (Wildman–Crippen MR) is 64.1 cm³/mol. The molecule has 1 atom stereocenters. The van der Waals surface area contributed by atoms with E-state index in [1.807, 2.05) is 6.92 Å². The van der Waals surface area contributed by atoms with Gasteiger partial charge in [0.25, 0.3) is 0 Å². The van der Waals surface area contributed by atoms with Crippen molar-refractivity contribution in [1.82, 2.24) is 0 Å². The fraction of sp³-hybridized carbons (Fsp3) is 0.364. The maximum absolute atomic E-state index is 11.5. The molecular weight excluding hydrogens is 240 g/mol. The lowest BCUT2D eigenvalue weighted by molar-refractivity contribution is -0.116. The van der Waals surface area contributed by atoms with Crippen LogP contribution in [0.5, 0.6) is 0 Å². The van der Waals surface area contributed by atoms with Gasteiger partial charge in [-0.15, -0.1) is 0 Å². The Balaban J connectivity index is 2.52. The maximum atomic E-state index is 11.5. The smallest absolute Gasteiger partial charge is 0.238 e. The number of sulfonamides is 1. The molecule has 1 amide bonds. The molecule has 0 radical (unpaired) electrons. The summed E-state index contributed by atoms with van der Waals surface area (Å²) in [5.41, 5.74) is 1.62. The molecule has 0 saturated carbocycles. The number of nitrogens with two attached hydrogens (primary N) is 1. The number of primary sulfonamides is 1. The first-order valence-electron chi connectivity index (χ1n) is 5.26. The first-order chi connectivity index (χ1) is 7.80. The van der Waals surface area contributed by atoms with Gasteiger partial charge < -0.3 is 4.90 Å². The number of rotatable bonds is 1. The number of nitrogens with zero attached hydrogens (tertiary/aromatic N) is 1. The molecule has 1 aromatic rings. The summed E-state index contributed by atoms with van der Waals surface area (Å²) in [7, 11) is -3.68. The van der Waals surface area contributed by atoms with Crippen molar-refractivity contribution >= 4 is 21.6 Å². The monoisotopic (exact) mass is 254 g/mol. The molecule has 1 unspecified atom stereocenters. The molecule has 1 heterocycles. The van der Waals surface area contributed by atoms with Crippen molar-refractivity contribution in [2.45, 2.75) is 31.2 Å². The molecule has 0 fully saturated rings. The highest BCUT2D eigenvalue weighted by Gasteiger charge is 2.29. The van der Waals surface area contributed by atoms with Crippen LogP contribution in [0.3, 0.4) is 0 Å². The third-order valence-electron chi connectivity index (χ3n) is 2.93. The van der Waals surface area contributed by atoms with E-state index >= 15 is 0 Å². The largest absolute Gasteiger partial charge is 0.309 e. The summed E-state index contributed by atoms with van der Waals surface area (Å²) in [6.45, 7) is 3.43. The topological polar surface area (TPSA) is 80.5 Å². The van der Waals surface area contributed by atoms with Gasteiger partial charge in [-0.25, -0.2) is 13.6 Å². The van der Waals surface area contributed by atoms with Crippen LogP contribution in [-0.2, 0) is 21.2 Å². The number of hydrogen-bond donors (Lipinski definition) is 1. The lowest BCUT2D eigenvalue weighted by atomic mass is 10.1. The minimum atomic E-state index is -3.68. The fourth-order valence-corrected chi connectivity index (χ4v) is 2.83. The van der Waals surface area contributed by atoms with Crippen LogP contribution in [0.25, 0.3) is 0 Å². The molecule has 1 aromatic carbocycles. The summed E-state index contributed by atoms with van der Waals surface area (Å²) in [4.78, 5) is 13.2. The Kier molecular flexibility index (Phi) is 2.71. The molecule has 0 aromatic heterocycles. The Bertz CT molecular complexity index is 580. The van der Waals surface area contributed by atoms with E-state index in [1.54, 1.807) is 17.0 Å². The maximum Gasteiger partial charge on any atom is 0.238 e. The number of hydrogen-bond acceptors (Lipinski definition) is 3. The summed E-state index contributed by atoms with van der Waals surface area (Å²) >= 11 is 0. The van der Waals surface area contributed by atoms with Gasteiger partial charge in [0.2, 0.25) is 15.9 Å². The second-order valence-electron chi connectivity index (χ2n) is 4.28. The number of carbonyl (C=O) groups is 1. The Labute approximate surface area is 100 Å². The molecule has 1 aliphatic rings. The summed E-state index contributed by atoms with van der Waals surface area (Å²) in [5, 5.41) is 5.07. The second-order valence-corrected chi connectivity index (χ2v) is 5.84. The van der Waals surface area contributed by atoms with Gasteiger partial charge >= 0.3 is 0 Å². The van der Waals surface area contributed by atoms with Crippen LogP contribution in [0, 0.1) is 0 Å². The Morgan fingerprint density at radius 1 is 1.47 bits per heavy atom. The number of anilines is 1. The van der Waals surface area contributed by atoms with Gasteiger partial charge in [-0.1, -0.05) is 0 Å². The SMILES string of the molecule is CC(=O)N1c2ccc(S(N)(=O)=O)cc2CC1C. The highest BCUT2D eigenvalue weighted by molar-refractivity contribution is 7.89. The standard InChI is InChI=1S/C11H14N2O3S/c1-7-5-9-6-10(17(12,15)16)3-4-11(9)13(7)8(2)14/h3-4,6-7H,5H2,1-2H3,(H2,12,15,16). The van der Waals surface area contributed by atoms with Gasteiger partial charge in [-0.2, -0.15) is 0 Å². The van der Waals surface area contributed by atoms with Crippen molar-refractivity contribution in [3.8, 4) is 0 Å². The zero-order valence-electron chi connectivity index (χ0n) is 9.67. The van der Waals surface area contributed by atoms with E-state index in [0.717, 1.165) is 11.3 Å². The van der Waals surface area contributed by atoms with Gasteiger partial charge in [-0.3, -0.25) is 4.79 Å². The molecule has 5 nitrogen and oxygen atoms in total. The highest BCUT2D eigenvalue weighted by atomic mass is 32.2. The van der Waals surface area contributed by atoms with Crippen molar-refractivity contribution in [2.24, 2.45) is 5.14 Å². The third-order valence-corrected chi connectivity index (χ3v) is 3.85. The number of carbonyl (C=O) groups excluding carboxylic acids is 1. The van der Waals surface area contributed by atoms with Gasteiger partial charge in [0.05, 0.1) is 4.90 Å². The van der Waals surface area contributed by atoms with Crippen LogP contribution in [-0.4, -0.2) is 20.4 Å². The van der Waals surface area contributed by atoms with Crippen molar-refractivity contribution < 1.29 is 13.2 Å². The molecule has 0 saturated heterocycles. The molecule has 92 valence electrons. The quantitative estimate of drug-likeness (QED) is 0.798. The summed E-state index contributed by atoms with van der Waals surface area (Å²) in [6.07, 6.45) is 0.651. The highest BCUT2D eigenvalue weighted by Crippen LogP contribution is 2.33. The van der Waals surface area contributed by atoms with Crippen LogP contribution in [0.15, 0.2) is 23.1 Å². The van der Waals surface area contributed by atoms with Gasteiger partial charge in [-0.05, 0) is 37.1 Å². The van der Waals surface area contributed by atoms with Crippen molar-refractivity contribution in [1.29, 1.82) is 0 Å². The first kappa shape index (κ1) is 12.1. The molecule has 0 aliphatic carbocycles. The zero-order chi connectivity index (χ0) is 12.8. The van der Waals surface area contributed by atoms with E-state index in [9.17, 15) is 13.2 Å². The van der Waals surface area contributed by atoms with E-state index in [0.29, 0.717) is 6.42 Å². The number of amides is 1. The lowest BCUT2D eigenvalue weighted by Gasteiger charge is -2.20. The van der Waals surface area contributed by atoms with E-state index < -0.39 is 10.0 Å². The second kappa shape index (κ2) is 3.82. The average Bonchev–Trinajstić information content (AvgIpc) is 2.50. The normalized spacial score (nSPS) is 19.2. The average molecular weight is 254 g/mol. The van der Waals surface area contributed by atoms with E-state index in [1.165, 1.54) is 13.0 Å². The van der Waals surface area contributed by atoms with Crippen molar-refractivity contribution in [3.05, 3.63) is 23.8 Å². The molecule has 2 rings (SSSR count). The Morgan fingerprint density at radius 3 is 2.65 bits per heavy atom. The van der Waals surface area contributed by atoms with Crippen LogP contribution in [0.4, 0.5) is 5.69 Å². The summed E-state index contributed by atoms with van der Waals surface area (Å²) in [6, 6.07) is 4.67. The molecule has 0 bridgehead atoms. The van der Waals surface area contributed by atoms with Crippen LogP contribution >= 0.6 is 0 Å². The molecule has 0 spiro atoms. The van der Waals surface area contributed by atoms with E-state index in [4.69, 9.17) is 5.14 Å². The molecule has 1 aliphatic heterocycles. The van der Waals surface area contributed by atoms with Crippen molar-refractivity contribution in [2.75, 3.05) is 4.90 Å². The predicted octanol–water partition coefficient (Wildman–Crippen LogP) is 0.632. The minimum absolute atomic E-state index is 0.0420. The van der Waals surface area contributed by atoms with Crippen LogP contribution in [0.1, 0.15) is 19.4 Å². The first-order valence-corrected chi connectivity index (χ1v) is 6.81. The molecular formula is C11H14N2O3S. The zero-order valence-corrected chi connectivity index (χ0v) is 10.5. The van der Waals surface area contributed by atoms with Gasteiger partial charge in [0.15, 0.2) is 0 Å². The minimum Gasteiger partial charge on any atom is -0.309 e. The summed E-state index contributed by atoms with van der Waals surface area (Å²) < 4.78 is 22.5. The Morgan fingerprint density at radius 2 is 2.12 bits per heavy atom. The third kappa shape index (κ3) is 2.05. The molecule has 2 N–H and O–H groups in total. The van der Waals surface area contributed by atoms with Crippen molar-refractivity contribution in [3.63, 3.8) is 0 Å². The number of benzene rings is 1. The fourth-order valence-electron chi connectivity index (χ4n) is 2.26. The summed E-state index contributed by atoms with van der Waals surface area (Å²) in [5.74, 6) is -0.0420. The van der Waals surface area contributed by atoms with Gasteiger partial charge in [0, 0.05) is 18.7 Å². The number of fused-ring (bicyclic) bond motifs is 1. The lowest BCUT2D eigenvalue weighted by Crippen LogP contribution is -2.33. The van der Waals surface area contributed by atoms with Crippen LogP contribution in [0.2, 0.25) is 0 Å².